The van der Waals surface area contributed by atoms with E-state index in [1.54, 1.807) is 0 Å². The van der Waals surface area contributed by atoms with Crippen LogP contribution in [0.25, 0.3) is 0 Å². The molecule has 0 saturated carbocycles. The highest BCUT2D eigenvalue weighted by molar-refractivity contribution is 14.0. The summed E-state index contributed by atoms with van der Waals surface area (Å²) in [7, 11) is 1.85. The maximum Gasteiger partial charge on any atom is 0.191 e. The van der Waals surface area contributed by atoms with Gasteiger partial charge in [-0.15, -0.1) is 24.0 Å². The van der Waals surface area contributed by atoms with Crippen molar-refractivity contribution in [3.05, 3.63) is 35.4 Å². The number of aliphatic imine (C=N–C) groups is 1. The van der Waals surface area contributed by atoms with Crippen molar-refractivity contribution in [1.29, 1.82) is 0 Å². The molecule has 2 N–H and O–H groups in total. The van der Waals surface area contributed by atoms with Crippen molar-refractivity contribution in [2.75, 3.05) is 53.1 Å². The molecule has 0 bridgehead atoms. The highest BCUT2D eigenvalue weighted by Crippen LogP contribution is 2.16. The number of nitrogens with zero attached hydrogens (tertiary/aromatic N) is 2. The first-order valence-corrected chi connectivity index (χ1v) is 11.1. The highest BCUT2D eigenvalue weighted by atomic mass is 127. The average Bonchev–Trinajstić information content (AvgIpc) is 3.26. The Balaban J connectivity index is 0.00000320. The summed E-state index contributed by atoms with van der Waals surface area (Å²) in [6.45, 7) is 9.76. The van der Waals surface area contributed by atoms with Crippen molar-refractivity contribution in [2.24, 2.45) is 10.9 Å². The van der Waals surface area contributed by atoms with Crippen LogP contribution in [0.15, 0.2) is 29.3 Å². The molecule has 2 aliphatic rings. The summed E-state index contributed by atoms with van der Waals surface area (Å²) in [5, 5.41) is 7.02. The normalized spacial score (nSPS) is 20.7. The Bertz CT molecular complexity index is 629. The van der Waals surface area contributed by atoms with E-state index < -0.39 is 0 Å². The minimum absolute atomic E-state index is 0. The summed E-state index contributed by atoms with van der Waals surface area (Å²) in [4.78, 5) is 6.94. The lowest BCUT2D eigenvalue weighted by Gasteiger charge is -2.33. The van der Waals surface area contributed by atoms with Gasteiger partial charge in [0.15, 0.2) is 5.96 Å². The van der Waals surface area contributed by atoms with Crippen molar-refractivity contribution >= 4 is 29.9 Å². The van der Waals surface area contributed by atoms with Crippen LogP contribution in [0.3, 0.4) is 0 Å². The van der Waals surface area contributed by atoms with Crippen molar-refractivity contribution in [2.45, 2.75) is 45.2 Å². The molecule has 2 saturated heterocycles. The van der Waals surface area contributed by atoms with Crippen molar-refractivity contribution in [3.8, 4) is 0 Å². The molecule has 0 aromatic heterocycles. The number of hydrogen-bond donors (Lipinski definition) is 2. The zero-order valence-electron chi connectivity index (χ0n) is 18.6. The number of rotatable bonds is 9. The van der Waals surface area contributed by atoms with Crippen LogP contribution in [0.1, 0.15) is 36.8 Å². The third-order valence-electron chi connectivity index (χ3n) is 5.94. The fourth-order valence-electron chi connectivity index (χ4n) is 4.00. The predicted octanol–water partition coefficient (Wildman–Crippen LogP) is 3.19. The molecule has 30 heavy (non-hydrogen) atoms. The Morgan fingerprint density at radius 2 is 2.03 bits per heavy atom. The number of aryl methyl sites for hydroxylation is 1. The van der Waals surface area contributed by atoms with Crippen molar-refractivity contribution < 1.29 is 9.47 Å². The van der Waals surface area contributed by atoms with Crippen LogP contribution in [-0.4, -0.2) is 70.0 Å². The average molecular weight is 530 g/mol. The SMILES string of the molecule is CN=C(NCCCOCC1CCOC1)NC1CCN(Cc2ccccc2C)CC1.I. The minimum atomic E-state index is 0. The lowest BCUT2D eigenvalue weighted by Crippen LogP contribution is -2.48. The number of ether oxygens (including phenoxy) is 2. The van der Waals surface area contributed by atoms with Crippen LogP contribution in [-0.2, 0) is 16.0 Å². The monoisotopic (exact) mass is 530 g/mol. The first-order chi connectivity index (χ1) is 14.2. The van der Waals surface area contributed by atoms with Gasteiger partial charge in [0.2, 0.25) is 0 Å². The molecule has 2 aliphatic heterocycles. The predicted molar refractivity (Wildman–Crippen MR) is 134 cm³/mol. The molecule has 0 radical (unpaired) electrons. The summed E-state index contributed by atoms with van der Waals surface area (Å²) >= 11 is 0. The molecule has 1 atom stereocenters. The summed E-state index contributed by atoms with van der Waals surface area (Å²) in [6.07, 6.45) is 4.43. The van der Waals surface area contributed by atoms with Gasteiger partial charge in [0.05, 0.1) is 13.2 Å². The van der Waals surface area contributed by atoms with Gasteiger partial charge >= 0.3 is 0 Å². The van der Waals surface area contributed by atoms with Crippen LogP contribution < -0.4 is 10.6 Å². The first-order valence-electron chi connectivity index (χ1n) is 11.1. The van der Waals surface area contributed by atoms with Gasteiger partial charge in [-0.3, -0.25) is 9.89 Å². The van der Waals surface area contributed by atoms with Crippen LogP contribution in [0.5, 0.6) is 0 Å². The number of piperidine rings is 1. The molecule has 1 unspecified atom stereocenters. The van der Waals surface area contributed by atoms with Crippen LogP contribution >= 0.6 is 24.0 Å². The van der Waals surface area contributed by atoms with E-state index in [0.717, 1.165) is 84.2 Å². The molecule has 7 heteroatoms. The minimum Gasteiger partial charge on any atom is -0.381 e. The summed E-state index contributed by atoms with van der Waals surface area (Å²) < 4.78 is 11.1. The fraction of sp³-hybridized carbons (Fsp3) is 0.696. The molecule has 0 amide bonds. The van der Waals surface area contributed by atoms with Gasteiger partial charge in [-0.2, -0.15) is 0 Å². The van der Waals surface area contributed by atoms with E-state index in [0.29, 0.717) is 12.0 Å². The molecule has 2 heterocycles. The first kappa shape index (κ1) is 25.4. The Labute approximate surface area is 199 Å². The Morgan fingerprint density at radius 3 is 2.73 bits per heavy atom. The molecule has 0 aliphatic carbocycles. The molecule has 170 valence electrons. The second-order valence-corrected chi connectivity index (χ2v) is 8.28. The zero-order valence-corrected chi connectivity index (χ0v) is 20.9. The van der Waals surface area contributed by atoms with Crippen LogP contribution in [0.4, 0.5) is 0 Å². The Morgan fingerprint density at radius 1 is 1.23 bits per heavy atom. The van der Waals surface area contributed by atoms with Crippen molar-refractivity contribution in [1.82, 2.24) is 15.5 Å². The number of benzene rings is 1. The van der Waals surface area contributed by atoms with Gasteiger partial charge in [0.25, 0.3) is 0 Å². The lowest BCUT2D eigenvalue weighted by molar-refractivity contribution is 0.0888. The number of halogens is 1. The fourth-order valence-corrected chi connectivity index (χ4v) is 4.00. The maximum atomic E-state index is 5.77. The standard InChI is InChI=1S/C23H38N4O2.HI/c1-19-6-3-4-7-21(19)16-27-12-8-22(9-13-27)26-23(24-2)25-11-5-14-28-17-20-10-15-29-18-20;/h3-4,6-7,20,22H,5,8-18H2,1-2H3,(H2,24,25,26);1H. The second-order valence-electron chi connectivity index (χ2n) is 8.28. The Kier molecular flexibility index (Phi) is 12.0. The molecule has 1 aromatic rings. The van der Waals surface area contributed by atoms with E-state index in [9.17, 15) is 0 Å². The van der Waals surface area contributed by atoms with Crippen LogP contribution in [0.2, 0.25) is 0 Å². The third-order valence-corrected chi connectivity index (χ3v) is 5.94. The molecule has 3 rings (SSSR count). The zero-order chi connectivity index (χ0) is 20.3. The molecular weight excluding hydrogens is 491 g/mol. The smallest absolute Gasteiger partial charge is 0.191 e. The van der Waals surface area contributed by atoms with Gasteiger partial charge in [0.1, 0.15) is 0 Å². The van der Waals surface area contributed by atoms with E-state index in [1.165, 1.54) is 11.1 Å². The van der Waals surface area contributed by atoms with E-state index in [-0.39, 0.29) is 24.0 Å². The third kappa shape index (κ3) is 8.69. The highest BCUT2D eigenvalue weighted by Gasteiger charge is 2.20. The number of guanidine groups is 1. The second kappa shape index (κ2) is 14.2. The number of nitrogens with one attached hydrogen (secondary N) is 2. The topological polar surface area (TPSA) is 58.1 Å². The molecule has 2 fully saturated rings. The largest absolute Gasteiger partial charge is 0.381 e. The van der Waals surface area contributed by atoms with E-state index in [4.69, 9.17) is 9.47 Å². The lowest BCUT2D eigenvalue weighted by atomic mass is 10.0. The summed E-state index contributed by atoms with van der Waals surface area (Å²) in [5.41, 5.74) is 2.83. The van der Waals surface area contributed by atoms with Gasteiger partial charge in [-0.25, -0.2) is 0 Å². The maximum absolute atomic E-state index is 5.77. The summed E-state index contributed by atoms with van der Waals surface area (Å²) in [5.74, 6) is 1.50. The Hall–Kier alpha value is -0.900. The quantitative estimate of drug-likeness (QED) is 0.222. The van der Waals surface area contributed by atoms with E-state index >= 15 is 0 Å². The van der Waals surface area contributed by atoms with Crippen LogP contribution in [0, 0.1) is 12.8 Å². The van der Waals surface area contributed by atoms with Gasteiger partial charge in [0, 0.05) is 58.4 Å². The summed E-state index contributed by atoms with van der Waals surface area (Å²) in [6, 6.07) is 9.20. The van der Waals surface area contributed by atoms with E-state index in [1.807, 2.05) is 7.05 Å². The molecule has 0 spiro atoms. The van der Waals surface area contributed by atoms with Gasteiger partial charge in [-0.1, -0.05) is 24.3 Å². The van der Waals surface area contributed by atoms with E-state index in [2.05, 4.69) is 51.7 Å². The van der Waals surface area contributed by atoms with Gasteiger partial charge < -0.3 is 20.1 Å². The molecule has 1 aromatic carbocycles. The molecule has 6 nitrogen and oxygen atoms in total. The molecular formula is C23H39IN4O2. The number of hydrogen-bond acceptors (Lipinski definition) is 4. The number of likely N-dealkylation sites (tertiary alicyclic amines) is 1. The van der Waals surface area contributed by atoms with Gasteiger partial charge in [-0.05, 0) is 43.7 Å². The van der Waals surface area contributed by atoms with Crippen molar-refractivity contribution in [3.63, 3.8) is 0 Å².